The highest BCUT2D eigenvalue weighted by atomic mass is 19.1. The van der Waals surface area contributed by atoms with Crippen molar-refractivity contribution in [2.45, 2.75) is 25.4 Å². The molecule has 8 nitrogen and oxygen atoms in total. The van der Waals surface area contributed by atoms with Gasteiger partial charge < -0.3 is 10.2 Å². The molecule has 0 spiro atoms. The summed E-state index contributed by atoms with van der Waals surface area (Å²) in [5.74, 6) is -1.78. The van der Waals surface area contributed by atoms with Crippen LogP contribution in [0.5, 0.6) is 0 Å². The number of aromatic nitrogens is 3. The van der Waals surface area contributed by atoms with E-state index < -0.39 is 34.6 Å². The summed E-state index contributed by atoms with van der Waals surface area (Å²) in [5.41, 5.74) is -2.66. The summed E-state index contributed by atoms with van der Waals surface area (Å²) in [6.45, 7) is 0. The van der Waals surface area contributed by atoms with Gasteiger partial charge in [-0.25, -0.2) is 18.4 Å². The lowest BCUT2D eigenvalue weighted by atomic mass is 9.91. The molecule has 1 unspecified atom stereocenters. The van der Waals surface area contributed by atoms with Gasteiger partial charge in [-0.2, -0.15) is 5.10 Å². The number of nitrogens with zero attached hydrogens (tertiary/aromatic N) is 3. The summed E-state index contributed by atoms with van der Waals surface area (Å²) in [6, 6.07) is 4.59. The third kappa shape index (κ3) is 2.97. The molecule has 1 heterocycles. The average molecular weight is 361 g/mol. The molecule has 0 saturated heterocycles. The first-order chi connectivity index (χ1) is 12.3. The van der Waals surface area contributed by atoms with Gasteiger partial charge in [0.25, 0.3) is 5.56 Å². The smallest absolute Gasteiger partial charge is 0.351 e. The van der Waals surface area contributed by atoms with E-state index in [1.165, 1.54) is 19.2 Å². The number of allylic oxidation sites excluding steroid dienone is 1. The normalized spacial score (nSPS) is 17.4. The molecule has 26 heavy (non-hydrogen) atoms. The van der Waals surface area contributed by atoms with E-state index in [1.807, 2.05) is 0 Å². The van der Waals surface area contributed by atoms with Gasteiger partial charge in [-0.1, -0.05) is 0 Å². The molecule has 0 radical (unpaired) electrons. The lowest BCUT2D eigenvalue weighted by Gasteiger charge is -2.20. The van der Waals surface area contributed by atoms with Crippen LogP contribution in [0.3, 0.4) is 0 Å². The van der Waals surface area contributed by atoms with Gasteiger partial charge in [0.05, 0.1) is 17.4 Å². The number of rotatable bonds is 3. The van der Waals surface area contributed by atoms with Crippen LogP contribution in [0.15, 0.2) is 45.2 Å². The molecule has 0 aliphatic heterocycles. The van der Waals surface area contributed by atoms with Gasteiger partial charge >= 0.3 is 5.69 Å². The molecule has 136 valence electrons. The Bertz CT molecular complexity index is 1020. The van der Waals surface area contributed by atoms with Crippen molar-refractivity contribution in [3.05, 3.63) is 67.9 Å². The number of hydrogen-bond donors (Lipinski definition) is 2. The summed E-state index contributed by atoms with van der Waals surface area (Å²) in [7, 11) is 1.25. The van der Waals surface area contributed by atoms with E-state index in [-0.39, 0.29) is 29.9 Å². The van der Waals surface area contributed by atoms with Crippen LogP contribution >= 0.6 is 0 Å². The third-order valence-corrected chi connectivity index (χ3v) is 4.20. The highest BCUT2D eigenvalue weighted by Crippen LogP contribution is 2.25. The molecule has 1 aliphatic carbocycles. The fraction of sp³-hybridized carbons (Fsp3) is 0.294. The summed E-state index contributed by atoms with van der Waals surface area (Å²) < 4.78 is 14.6. The molecule has 0 fully saturated rings. The maximum Gasteiger partial charge on any atom is 0.351 e. The number of Topliss-reactive ketones (excluding diaryl/α,β-unsaturated/α-hetero) is 1. The predicted octanol–water partition coefficient (Wildman–Crippen LogP) is 0.610. The van der Waals surface area contributed by atoms with E-state index in [4.69, 9.17) is 0 Å². The van der Waals surface area contributed by atoms with Crippen molar-refractivity contribution in [1.82, 2.24) is 14.3 Å². The number of hydrogen-bond acceptors (Lipinski definition) is 6. The van der Waals surface area contributed by atoms with Crippen molar-refractivity contribution in [2.75, 3.05) is 0 Å². The SMILES string of the molecule is Cn1nc(C(=O)C2=C(O)CCCC2O)c(=O)n(-c2ccc(F)cc2)c1=O. The Morgan fingerprint density at radius 2 is 1.92 bits per heavy atom. The Hall–Kier alpha value is -3.07. The molecular weight excluding hydrogens is 345 g/mol. The number of aliphatic hydroxyl groups excluding tert-OH is 2. The van der Waals surface area contributed by atoms with E-state index in [0.717, 1.165) is 16.8 Å². The Kier molecular flexibility index (Phi) is 4.56. The second-order valence-electron chi connectivity index (χ2n) is 5.97. The second kappa shape index (κ2) is 6.68. The fourth-order valence-electron chi connectivity index (χ4n) is 2.88. The molecule has 0 amide bonds. The zero-order chi connectivity index (χ0) is 19.0. The van der Waals surface area contributed by atoms with Gasteiger partial charge in [-0.15, -0.1) is 0 Å². The maximum absolute atomic E-state index is 13.1. The van der Waals surface area contributed by atoms with E-state index in [2.05, 4.69) is 5.10 Å². The van der Waals surface area contributed by atoms with Crippen LogP contribution in [-0.4, -0.2) is 36.4 Å². The van der Waals surface area contributed by atoms with Crippen molar-refractivity contribution in [1.29, 1.82) is 0 Å². The Labute approximate surface area is 146 Å². The summed E-state index contributed by atoms with van der Waals surface area (Å²) >= 11 is 0. The molecule has 0 saturated carbocycles. The van der Waals surface area contributed by atoms with Gasteiger partial charge in [0.15, 0.2) is 5.69 Å². The van der Waals surface area contributed by atoms with Crippen LogP contribution < -0.4 is 11.2 Å². The number of ketones is 1. The molecule has 9 heteroatoms. The average Bonchev–Trinajstić information content (AvgIpc) is 2.59. The van der Waals surface area contributed by atoms with Crippen LogP contribution in [-0.2, 0) is 7.05 Å². The van der Waals surface area contributed by atoms with Crippen molar-refractivity contribution < 1.29 is 19.4 Å². The van der Waals surface area contributed by atoms with Crippen LogP contribution in [0.25, 0.3) is 5.69 Å². The third-order valence-electron chi connectivity index (χ3n) is 4.20. The molecule has 2 aromatic rings. The molecule has 1 aromatic carbocycles. The topological polar surface area (TPSA) is 114 Å². The van der Waals surface area contributed by atoms with E-state index >= 15 is 0 Å². The first-order valence-corrected chi connectivity index (χ1v) is 7.92. The van der Waals surface area contributed by atoms with Crippen LogP contribution in [0.2, 0.25) is 0 Å². The highest BCUT2D eigenvalue weighted by molar-refractivity contribution is 6.08. The Morgan fingerprint density at radius 1 is 1.27 bits per heavy atom. The molecule has 3 rings (SSSR count). The van der Waals surface area contributed by atoms with E-state index in [0.29, 0.717) is 11.0 Å². The molecule has 0 bridgehead atoms. The van der Waals surface area contributed by atoms with Crippen molar-refractivity contribution in [3.63, 3.8) is 0 Å². The number of halogens is 1. The number of benzene rings is 1. The standard InChI is InChI=1S/C17H16FN3O5/c1-20-17(26)21(10-7-5-9(18)6-8-10)16(25)14(19-20)15(24)13-11(22)3-2-4-12(13)23/h5-8,11,22-23H,2-4H2,1H3. The van der Waals surface area contributed by atoms with Crippen LogP contribution in [0.4, 0.5) is 4.39 Å². The Morgan fingerprint density at radius 3 is 2.54 bits per heavy atom. The maximum atomic E-state index is 13.1. The minimum atomic E-state index is -1.21. The van der Waals surface area contributed by atoms with Gasteiger partial charge in [-0.3, -0.25) is 9.59 Å². The number of carbonyl (C=O) groups excluding carboxylic acids is 1. The zero-order valence-corrected chi connectivity index (χ0v) is 13.8. The minimum absolute atomic E-state index is 0.0656. The lowest BCUT2D eigenvalue weighted by Crippen LogP contribution is -2.43. The monoisotopic (exact) mass is 361 g/mol. The summed E-state index contributed by atoms with van der Waals surface area (Å²) in [4.78, 5) is 37.7. The second-order valence-corrected chi connectivity index (χ2v) is 5.97. The summed E-state index contributed by atoms with van der Waals surface area (Å²) in [6.07, 6.45) is -0.238. The summed E-state index contributed by atoms with van der Waals surface area (Å²) in [5, 5.41) is 23.7. The van der Waals surface area contributed by atoms with Gasteiger partial charge in [0.2, 0.25) is 5.78 Å². The molecule has 1 aliphatic rings. The molecule has 1 aromatic heterocycles. The van der Waals surface area contributed by atoms with Gasteiger partial charge in [0, 0.05) is 13.5 Å². The first-order valence-electron chi connectivity index (χ1n) is 7.92. The van der Waals surface area contributed by atoms with Crippen molar-refractivity contribution in [2.24, 2.45) is 7.05 Å². The van der Waals surface area contributed by atoms with Crippen LogP contribution in [0.1, 0.15) is 29.8 Å². The number of aliphatic hydroxyl groups is 2. The fourth-order valence-corrected chi connectivity index (χ4v) is 2.88. The highest BCUT2D eigenvalue weighted by Gasteiger charge is 2.31. The Balaban J connectivity index is 2.21. The lowest BCUT2D eigenvalue weighted by molar-refractivity contribution is 0.0944. The van der Waals surface area contributed by atoms with Gasteiger partial charge in [0.1, 0.15) is 11.6 Å². The van der Waals surface area contributed by atoms with Crippen molar-refractivity contribution in [3.8, 4) is 5.69 Å². The largest absolute Gasteiger partial charge is 0.512 e. The van der Waals surface area contributed by atoms with Crippen LogP contribution in [0, 0.1) is 5.82 Å². The molecule has 2 N–H and O–H groups in total. The quantitative estimate of drug-likeness (QED) is 0.774. The van der Waals surface area contributed by atoms with E-state index in [9.17, 15) is 29.0 Å². The zero-order valence-electron chi connectivity index (χ0n) is 13.8. The first kappa shape index (κ1) is 17.7. The van der Waals surface area contributed by atoms with E-state index in [1.54, 1.807) is 0 Å². The minimum Gasteiger partial charge on any atom is -0.512 e. The predicted molar refractivity (Wildman–Crippen MR) is 88.9 cm³/mol. The van der Waals surface area contributed by atoms with Gasteiger partial charge in [-0.05, 0) is 37.1 Å². The number of carbonyl (C=O) groups is 1. The molecular formula is C17H16FN3O5. The van der Waals surface area contributed by atoms with Crippen molar-refractivity contribution >= 4 is 5.78 Å². The number of aryl methyl sites for hydroxylation is 1. The molecule has 1 atom stereocenters.